The van der Waals surface area contributed by atoms with E-state index in [1.165, 1.54) is 5.56 Å². The summed E-state index contributed by atoms with van der Waals surface area (Å²) in [7, 11) is 3.31. The highest BCUT2D eigenvalue weighted by atomic mass is 16.5. The number of amides is 1. The number of carbonyl (C=O) groups is 1. The van der Waals surface area contributed by atoms with E-state index in [1.807, 2.05) is 29.2 Å². The molecule has 130 valence electrons. The number of nitrogens with zero attached hydrogens (tertiary/aromatic N) is 1. The highest BCUT2D eigenvalue weighted by molar-refractivity contribution is 5.98. The van der Waals surface area contributed by atoms with E-state index in [-0.39, 0.29) is 17.4 Å². The van der Waals surface area contributed by atoms with Crippen LogP contribution in [0.5, 0.6) is 11.5 Å². The van der Waals surface area contributed by atoms with Gasteiger partial charge in [-0.2, -0.15) is 0 Å². The third-order valence-corrected chi connectivity index (χ3v) is 5.67. The van der Waals surface area contributed by atoms with Crippen molar-refractivity contribution in [1.29, 1.82) is 0 Å². The van der Waals surface area contributed by atoms with Crippen LogP contribution in [0.2, 0.25) is 0 Å². The predicted octanol–water partition coefficient (Wildman–Crippen LogP) is 3.73. The Morgan fingerprint density at radius 1 is 1.08 bits per heavy atom. The van der Waals surface area contributed by atoms with Crippen molar-refractivity contribution < 1.29 is 14.3 Å². The van der Waals surface area contributed by atoms with Gasteiger partial charge in [-0.15, -0.1) is 0 Å². The second kappa shape index (κ2) is 5.51. The molecule has 0 radical (unpaired) electrons. The average Bonchev–Trinajstić information content (AvgIpc) is 2.64. The summed E-state index contributed by atoms with van der Waals surface area (Å²) in [6, 6.07) is 12.1. The standard InChI is InChI=1S/C21H23NO3/c1-21(2)16-8-6-5-7-14(16)20(23)22-10-9-13-11-17(24-3)18(25-4)12-15(13)19(21)22/h5-8,11-12,19H,9-10H2,1-4H3. The average molecular weight is 337 g/mol. The summed E-state index contributed by atoms with van der Waals surface area (Å²) in [5.41, 5.74) is 4.16. The lowest BCUT2D eigenvalue weighted by Crippen LogP contribution is -2.52. The maximum Gasteiger partial charge on any atom is 0.254 e. The molecule has 0 bridgehead atoms. The van der Waals surface area contributed by atoms with Crippen molar-refractivity contribution in [2.24, 2.45) is 0 Å². The van der Waals surface area contributed by atoms with E-state index in [9.17, 15) is 4.79 Å². The highest BCUT2D eigenvalue weighted by Crippen LogP contribution is 2.50. The first-order valence-electron chi connectivity index (χ1n) is 8.64. The predicted molar refractivity (Wildman–Crippen MR) is 96.5 cm³/mol. The number of benzene rings is 2. The smallest absolute Gasteiger partial charge is 0.254 e. The quantitative estimate of drug-likeness (QED) is 0.838. The fraction of sp³-hybridized carbons (Fsp3) is 0.381. The Morgan fingerprint density at radius 2 is 1.76 bits per heavy atom. The van der Waals surface area contributed by atoms with Crippen LogP contribution in [0.3, 0.4) is 0 Å². The number of rotatable bonds is 2. The van der Waals surface area contributed by atoms with Crippen LogP contribution in [0.15, 0.2) is 36.4 Å². The van der Waals surface area contributed by atoms with Crippen molar-refractivity contribution in [3.05, 3.63) is 58.7 Å². The van der Waals surface area contributed by atoms with Crippen molar-refractivity contribution in [1.82, 2.24) is 4.90 Å². The molecule has 2 heterocycles. The largest absolute Gasteiger partial charge is 0.493 e. The topological polar surface area (TPSA) is 38.8 Å². The van der Waals surface area contributed by atoms with Crippen molar-refractivity contribution in [2.45, 2.75) is 31.7 Å². The lowest BCUT2D eigenvalue weighted by molar-refractivity contribution is 0.0506. The number of ether oxygens (including phenoxy) is 2. The van der Waals surface area contributed by atoms with Gasteiger partial charge in [0.1, 0.15) is 0 Å². The van der Waals surface area contributed by atoms with Crippen LogP contribution in [0.1, 0.15) is 46.9 Å². The lowest BCUT2D eigenvalue weighted by Gasteiger charge is -2.50. The summed E-state index contributed by atoms with van der Waals surface area (Å²) < 4.78 is 11.0. The summed E-state index contributed by atoms with van der Waals surface area (Å²) >= 11 is 0. The molecule has 1 unspecified atom stereocenters. The Morgan fingerprint density at radius 3 is 2.48 bits per heavy atom. The van der Waals surface area contributed by atoms with Crippen molar-refractivity contribution in [3.8, 4) is 11.5 Å². The maximum atomic E-state index is 13.1. The molecule has 0 N–H and O–H groups in total. The van der Waals surface area contributed by atoms with Gasteiger partial charge < -0.3 is 14.4 Å². The Bertz CT molecular complexity index is 856. The van der Waals surface area contributed by atoms with E-state index in [0.29, 0.717) is 5.75 Å². The summed E-state index contributed by atoms with van der Waals surface area (Å²) in [5.74, 6) is 1.58. The van der Waals surface area contributed by atoms with Crippen LogP contribution in [0, 0.1) is 0 Å². The molecule has 25 heavy (non-hydrogen) atoms. The fourth-order valence-electron chi connectivity index (χ4n) is 4.48. The van der Waals surface area contributed by atoms with E-state index >= 15 is 0 Å². The molecule has 4 rings (SSSR count). The number of fused-ring (bicyclic) bond motifs is 4. The highest BCUT2D eigenvalue weighted by Gasteiger charge is 2.48. The molecule has 2 aliphatic rings. The Balaban J connectivity index is 1.94. The maximum absolute atomic E-state index is 13.1. The van der Waals surface area contributed by atoms with Crippen LogP contribution in [-0.2, 0) is 11.8 Å². The van der Waals surface area contributed by atoms with Gasteiger partial charge in [-0.1, -0.05) is 32.0 Å². The normalized spacial score (nSPS) is 20.4. The summed E-state index contributed by atoms with van der Waals surface area (Å²) in [4.78, 5) is 15.1. The molecule has 0 spiro atoms. The Hall–Kier alpha value is -2.49. The van der Waals surface area contributed by atoms with Gasteiger partial charge in [0.2, 0.25) is 0 Å². The van der Waals surface area contributed by atoms with E-state index < -0.39 is 0 Å². The van der Waals surface area contributed by atoms with Crippen molar-refractivity contribution >= 4 is 5.91 Å². The summed E-state index contributed by atoms with van der Waals surface area (Å²) in [5, 5.41) is 0. The van der Waals surface area contributed by atoms with Gasteiger partial charge in [0.25, 0.3) is 5.91 Å². The molecule has 0 aliphatic carbocycles. The van der Waals surface area contributed by atoms with Gasteiger partial charge >= 0.3 is 0 Å². The molecular weight excluding hydrogens is 314 g/mol. The zero-order chi connectivity index (χ0) is 17.8. The van der Waals surface area contributed by atoms with Crippen molar-refractivity contribution in [3.63, 3.8) is 0 Å². The summed E-state index contributed by atoms with van der Waals surface area (Å²) in [6.07, 6.45) is 0.830. The number of methoxy groups -OCH3 is 2. The monoisotopic (exact) mass is 337 g/mol. The zero-order valence-corrected chi connectivity index (χ0v) is 15.1. The molecule has 2 aromatic rings. The minimum absolute atomic E-state index is 0.00143. The van der Waals surface area contributed by atoms with Gasteiger partial charge in [0, 0.05) is 17.5 Å². The molecular formula is C21H23NO3. The fourth-order valence-corrected chi connectivity index (χ4v) is 4.48. The van der Waals surface area contributed by atoms with Gasteiger partial charge in [-0.25, -0.2) is 0 Å². The van der Waals surface area contributed by atoms with E-state index in [2.05, 4.69) is 26.0 Å². The first-order chi connectivity index (χ1) is 12.0. The molecule has 0 saturated carbocycles. The summed E-state index contributed by atoms with van der Waals surface area (Å²) in [6.45, 7) is 5.17. The van der Waals surface area contributed by atoms with Gasteiger partial charge in [0.15, 0.2) is 11.5 Å². The third kappa shape index (κ3) is 2.16. The van der Waals surface area contributed by atoms with Gasteiger partial charge in [-0.3, -0.25) is 4.79 Å². The number of hydrogen-bond donors (Lipinski definition) is 0. The second-order valence-corrected chi connectivity index (χ2v) is 7.32. The zero-order valence-electron chi connectivity index (χ0n) is 15.1. The second-order valence-electron chi connectivity index (χ2n) is 7.32. The van der Waals surface area contributed by atoms with E-state index in [0.717, 1.165) is 35.4 Å². The molecule has 0 saturated heterocycles. The van der Waals surface area contributed by atoms with E-state index in [1.54, 1.807) is 14.2 Å². The molecule has 1 atom stereocenters. The molecule has 0 fully saturated rings. The van der Waals surface area contributed by atoms with Crippen molar-refractivity contribution in [2.75, 3.05) is 20.8 Å². The van der Waals surface area contributed by atoms with Crippen LogP contribution in [-0.4, -0.2) is 31.6 Å². The van der Waals surface area contributed by atoms with Crippen LogP contribution < -0.4 is 9.47 Å². The molecule has 4 heteroatoms. The third-order valence-electron chi connectivity index (χ3n) is 5.67. The van der Waals surface area contributed by atoms with Gasteiger partial charge in [0.05, 0.1) is 20.3 Å². The Labute approximate surface area is 148 Å². The van der Waals surface area contributed by atoms with Crippen LogP contribution >= 0.6 is 0 Å². The lowest BCUT2D eigenvalue weighted by atomic mass is 9.67. The molecule has 4 nitrogen and oxygen atoms in total. The number of hydrogen-bond acceptors (Lipinski definition) is 3. The van der Waals surface area contributed by atoms with E-state index in [4.69, 9.17) is 9.47 Å². The Kier molecular flexibility index (Phi) is 3.53. The SMILES string of the molecule is COc1cc2c(cc1OC)C1N(CC2)C(=O)c2ccccc2C1(C)C. The first kappa shape index (κ1) is 16.0. The van der Waals surface area contributed by atoms with Crippen LogP contribution in [0.25, 0.3) is 0 Å². The molecule has 2 aliphatic heterocycles. The minimum Gasteiger partial charge on any atom is -0.493 e. The molecule has 2 aromatic carbocycles. The van der Waals surface area contributed by atoms with Crippen LogP contribution in [0.4, 0.5) is 0 Å². The minimum atomic E-state index is -0.181. The number of carbonyl (C=O) groups excluding carboxylic acids is 1. The molecule has 0 aromatic heterocycles. The van der Waals surface area contributed by atoms with Gasteiger partial charge in [-0.05, 0) is 41.3 Å². The molecule has 1 amide bonds. The first-order valence-corrected chi connectivity index (χ1v) is 8.64.